The second-order valence-corrected chi connectivity index (χ2v) is 5.77. The summed E-state index contributed by atoms with van der Waals surface area (Å²) >= 11 is 0. The molecule has 17 heavy (non-hydrogen) atoms. The molecule has 0 aromatic carbocycles. The van der Waals surface area contributed by atoms with Crippen LogP contribution in [0.5, 0.6) is 0 Å². The summed E-state index contributed by atoms with van der Waals surface area (Å²) in [5.41, 5.74) is 11.4. The number of hydrogen-bond acceptors (Lipinski definition) is 4. The molecular formula is C13H30N2O2. The summed E-state index contributed by atoms with van der Waals surface area (Å²) < 4.78 is 11.2. The van der Waals surface area contributed by atoms with Crippen LogP contribution < -0.4 is 11.5 Å². The smallest absolute Gasteiger partial charge is 0.0704 e. The largest absolute Gasteiger partial charge is 0.376 e. The molecule has 0 aromatic heterocycles. The zero-order chi connectivity index (χ0) is 13.5. The molecule has 4 heteroatoms. The zero-order valence-corrected chi connectivity index (χ0v) is 12.0. The van der Waals surface area contributed by atoms with E-state index in [4.69, 9.17) is 20.9 Å². The van der Waals surface area contributed by atoms with E-state index in [1.807, 2.05) is 34.6 Å². The van der Waals surface area contributed by atoms with Crippen LogP contribution in [0.25, 0.3) is 0 Å². The van der Waals surface area contributed by atoms with Gasteiger partial charge in [-0.25, -0.2) is 0 Å². The molecule has 4 N–H and O–H groups in total. The molecule has 104 valence electrons. The summed E-state index contributed by atoms with van der Waals surface area (Å²) in [6.07, 6.45) is 2.09. The fraction of sp³-hybridized carbons (Fsp3) is 1.00. The molecular weight excluding hydrogens is 216 g/mol. The highest BCUT2D eigenvalue weighted by Gasteiger charge is 2.15. The molecule has 0 bridgehead atoms. The first-order valence-electron chi connectivity index (χ1n) is 6.48. The summed E-state index contributed by atoms with van der Waals surface area (Å²) in [5.74, 6) is 0. The highest BCUT2D eigenvalue weighted by Crippen LogP contribution is 2.10. The molecule has 3 atom stereocenters. The zero-order valence-electron chi connectivity index (χ0n) is 12.0. The van der Waals surface area contributed by atoms with Gasteiger partial charge in [-0.1, -0.05) is 0 Å². The Balaban J connectivity index is 3.51. The second-order valence-electron chi connectivity index (χ2n) is 5.77. The van der Waals surface area contributed by atoms with E-state index in [0.717, 1.165) is 12.8 Å². The van der Waals surface area contributed by atoms with Crippen molar-refractivity contribution < 1.29 is 9.47 Å². The molecule has 0 aliphatic heterocycles. The Hall–Kier alpha value is -0.160. The van der Waals surface area contributed by atoms with Gasteiger partial charge in [-0.15, -0.1) is 0 Å². The van der Waals surface area contributed by atoms with Crippen molar-refractivity contribution in [3.63, 3.8) is 0 Å². The maximum atomic E-state index is 5.92. The van der Waals surface area contributed by atoms with Crippen LogP contribution in [0.3, 0.4) is 0 Å². The van der Waals surface area contributed by atoms with Gasteiger partial charge in [0.25, 0.3) is 0 Å². The Morgan fingerprint density at radius 3 is 1.88 bits per heavy atom. The summed E-state index contributed by atoms with van der Waals surface area (Å²) in [5, 5.41) is 0. The van der Waals surface area contributed by atoms with Crippen LogP contribution in [-0.2, 0) is 9.47 Å². The molecule has 0 heterocycles. The maximum Gasteiger partial charge on any atom is 0.0704 e. The quantitative estimate of drug-likeness (QED) is 0.607. The predicted molar refractivity (Wildman–Crippen MR) is 72.0 cm³/mol. The predicted octanol–water partition coefficient (Wildman–Crippen LogP) is 1.66. The van der Waals surface area contributed by atoms with Crippen LogP contribution in [0.15, 0.2) is 0 Å². The Kier molecular flexibility index (Phi) is 7.96. The Morgan fingerprint density at radius 2 is 1.47 bits per heavy atom. The fourth-order valence-electron chi connectivity index (χ4n) is 1.89. The van der Waals surface area contributed by atoms with Crippen molar-refractivity contribution in [2.45, 2.75) is 71.2 Å². The van der Waals surface area contributed by atoms with E-state index in [9.17, 15) is 0 Å². The normalized spacial score (nSPS) is 17.8. The first-order valence-corrected chi connectivity index (χ1v) is 6.48. The molecule has 0 aromatic rings. The Bertz CT molecular complexity index is 190. The summed E-state index contributed by atoms with van der Waals surface area (Å²) in [6, 6.07) is 0.183. The van der Waals surface area contributed by atoms with Gasteiger partial charge in [0.15, 0.2) is 0 Å². The van der Waals surface area contributed by atoms with Crippen LogP contribution in [0.4, 0.5) is 0 Å². The van der Waals surface area contributed by atoms with Crippen molar-refractivity contribution in [2.75, 3.05) is 13.2 Å². The first kappa shape index (κ1) is 16.8. The fourth-order valence-corrected chi connectivity index (χ4v) is 1.89. The lowest BCUT2D eigenvalue weighted by atomic mass is 9.99. The third kappa shape index (κ3) is 12.1. The highest BCUT2D eigenvalue weighted by atomic mass is 16.5. The Labute approximate surface area is 106 Å². The van der Waals surface area contributed by atoms with Crippen LogP contribution >= 0.6 is 0 Å². The van der Waals surface area contributed by atoms with Crippen molar-refractivity contribution >= 4 is 0 Å². The van der Waals surface area contributed by atoms with E-state index in [1.165, 1.54) is 0 Å². The first-order chi connectivity index (χ1) is 7.70. The maximum absolute atomic E-state index is 5.92. The lowest BCUT2D eigenvalue weighted by Crippen LogP contribution is -2.36. The molecule has 0 spiro atoms. The van der Waals surface area contributed by atoms with Gasteiger partial charge < -0.3 is 20.9 Å². The van der Waals surface area contributed by atoms with Gasteiger partial charge >= 0.3 is 0 Å². The third-order valence-electron chi connectivity index (χ3n) is 2.41. The van der Waals surface area contributed by atoms with Crippen molar-refractivity contribution in [3.8, 4) is 0 Å². The van der Waals surface area contributed by atoms with Crippen molar-refractivity contribution in [1.29, 1.82) is 0 Å². The summed E-state index contributed by atoms with van der Waals surface area (Å²) in [6.45, 7) is 11.3. The molecule has 0 aliphatic carbocycles. The van der Waals surface area contributed by atoms with E-state index in [0.29, 0.717) is 13.2 Å². The standard InChI is InChI=1S/C13H30N2O2/c1-10(14)8-11(2)16-6-7-17-12(3)9-13(4,5)15/h10-12H,6-9,14-15H2,1-5H3. The number of rotatable bonds is 9. The van der Waals surface area contributed by atoms with E-state index in [-0.39, 0.29) is 23.8 Å². The average Bonchev–Trinajstić information content (AvgIpc) is 2.08. The molecule has 4 nitrogen and oxygen atoms in total. The lowest BCUT2D eigenvalue weighted by Gasteiger charge is -2.23. The van der Waals surface area contributed by atoms with Gasteiger partial charge in [-0.3, -0.25) is 0 Å². The van der Waals surface area contributed by atoms with Gasteiger partial charge in [-0.2, -0.15) is 0 Å². The molecule has 0 fully saturated rings. The highest BCUT2D eigenvalue weighted by molar-refractivity contribution is 4.74. The van der Waals surface area contributed by atoms with Gasteiger partial charge in [0.2, 0.25) is 0 Å². The third-order valence-corrected chi connectivity index (χ3v) is 2.41. The SMILES string of the molecule is CC(N)CC(C)OCCOC(C)CC(C)(C)N. The molecule has 0 aliphatic rings. The van der Waals surface area contributed by atoms with Crippen LogP contribution in [-0.4, -0.2) is 37.0 Å². The second kappa shape index (κ2) is 8.03. The van der Waals surface area contributed by atoms with E-state index in [2.05, 4.69) is 0 Å². The molecule has 0 radical (unpaired) electrons. The van der Waals surface area contributed by atoms with Crippen LogP contribution in [0, 0.1) is 0 Å². The van der Waals surface area contributed by atoms with E-state index in [1.54, 1.807) is 0 Å². The summed E-state index contributed by atoms with van der Waals surface area (Å²) in [4.78, 5) is 0. The average molecular weight is 246 g/mol. The minimum Gasteiger partial charge on any atom is -0.376 e. The molecule has 0 saturated heterocycles. The van der Waals surface area contributed by atoms with Gasteiger partial charge in [0.1, 0.15) is 0 Å². The number of ether oxygens (including phenoxy) is 2. The molecule has 0 amide bonds. The van der Waals surface area contributed by atoms with Crippen molar-refractivity contribution in [1.82, 2.24) is 0 Å². The molecule has 3 unspecified atom stereocenters. The number of nitrogens with two attached hydrogens (primary N) is 2. The molecule has 0 rings (SSSR count). The van der Waals surface area contributed by atoms with Crippen molar-refractivity contribution in [2.24, 2.45) is 11.5 Å². The van der Waals surface area contributed by atoms with Gasteiger partial charge in [0.05, 0.1) is 25.4 Å². The minimum absolute atomic E-state index is 0.169. The number of hydrogen-bond donors (Lipinski definition) is 2. The van der Waals surface area contributed by atoms with E-state index >= 15 is 0 Å². The van der Waals surface area contributed by atoms with Gasteiger partial charge in [-0.05, 0) is 47.5 Å². The van der Waals surface area contributed by atoms with Crippen molar-refractivity contribution in [3.05, 3.63) is 0 Å². The monoisotopic (exact) mass is 246 g/mol. The van der Waals surface area contributed by atoms with E-state index < -0.39 is 0 Å². The van der Waals surface area contributed by atoms with Crippen LogP contribution in [0.2, 0.25) is 0 Å². The lowest BCUT2D eigenvalue weighted by molar-refractivity contribution is -0.0212. The minimum atomic E-state index is -0.178. The summed E-state index contributed by atoms with van der Waals surface area (Å²) in [7, 11) is 0. The van der Waals surface area contributed by atoms with Gasteiger partial charge in [0, 0.05) is 11.6 Å². The molecule has 0 saturated carbocycles. The Morgan fingerprint density at radius 1 is 1.00 bits per heavy atom. The topological polar surface area (TPSA) is 70.5 Å². The van der Waals surface area contributed by atoms with Crippen LogP contribution in [0.1, 0.15) is 47.5 Å².